The standard InChI is InChI=1S/C21H28/c1-21(20-16-12-13-17-20)18-14-10-8-6-4-2-3-5-7-9-11-15-19-21/h4-12,16-17H,2-3,13-15,18-19H2,1H3/b6-4-,7-5+,10-8+,11-9-. The van der Waals surface area contributed by atoms with Gasteiger partial charge in [0.05, 0.1) is 0 Å². The van der Waals surface area contributed by atoms with Gasteiger partial charge in [0.25, 0.3) is 0 Å². The minimum Gasteiger partial charge on any atom is -0.0845 e. The summed E-state index contributed by atoms with van der Waals surface area (Å²) in [5, 5.41) is 0. The highest BCUT2D eigenvalue weighted by molar-refractivity contribution is 5.32. The van der Waals surface area contributed by atoms with Gasteiger partial charge in [0.1, 0.15) is 0 Å². The number of hydrogen-bond donors (Lipinski definition) is 0. The highest BCUT2D eigenvalue weighted by atomic mass is 14.3. The molecule has 0 saturated carbocycles. The van der Waals surface area contributed by atoms with E-state index in [0.717, 1.165) is 32.1 Å². The molecular weight excluding hydrogens is 252 g/mol. The zero-order valence-electron chi connectivity index (χ0n) is 13.3. The van der Waals surface area contributed by atoms with E-state index in [1.54, 1.807) is 5.57 Å². The fourth-order valence-electron chi connectivity index (χ4n) is 3.01. The first-order valence-electron chi connectivity index (χ1n) is 8.32. The van der Waals surface area contributed by atoms with Crippen LogP contribution in [0.5, 0.6) is 0 Å². The van der Waals surface area contributed by atoms with E-state index in [4.69, 9.17) is 0 Å². The molecule has 0 heterocycles. The molecule has 0 amide bonds. The molecule has 0 aromatic carbocycles. The summed E-state index contributed by atoms with van der Waals surface area (Å²) in [7, 11) is 0. The summed E-state index contributed by atoms with van der Waals surface area (Å²) in [5.74, 6) is 0. The maximum Gasteiger partial charge on any atom is -0.00725 e. The summed E-state index contributed by atoms with van der Waals surface area (Å²) in [6.45, 7) is 2.43. The Balaban J connectivity index is 2.06. The molecule has 112 valence electrons. The Kier molecular flexibility index (Phi) is 6.53. The SMILES string of the molecule is CC1(C2=CCC=C2)CC/C=C\C=C\CC/C=C\C=C\CC1. The molecule has 0 spiro atoms. The number of hydrogen-bond acceptors (Lipinski definition) is 0. The molecule has 0 aliphatic heterocycles. The van der Waals surface area contributed by atoms with Gasteiger partial charge in [0, 0.05) is 0 Å². The van der Waals surface area contributed by atoms with Gasteiger partial charge in [-0.3, -0.25) is 0 Å². The smallest absolute Gasteiger partial charge is 0.00725 e. The molecule has 1 unspecified atom stereocenters. The van der Waals surface area contributed by atoms with E-state index in [1.165, 1.54) is 12.8 Å². The van der Waals surface area contributed by atoms with Crippen molar-refractivity contribution < 1.29 is 0 Å². The van der Waals surface area contributed by atoms with Crippen LogP contribution in [0.25, 0.3) is 0 Å². The summed E-state index contributed by atoms with van der Waals surface area (Å²) in [6.07, 6.45) is 33.1. The molecule has 0 nitrogen and oxygen atoms in total. The normalized spacial score (nSPS) is 33.5. The van der Waals surface area contributed by atoms with Gasteiger partial charge in [-0.05, 0) is 55.9 Å². The maximum atomic E-state index is 2.43. The van der Waals surface area contributed by atoms with Crippen LogP contribution in [0.2, 0.25) is 0 Å². The molecule has 21 heavy (non-hydrogen) atoms. The van der Waals surface area contributed by atoms with E-state index in [2.05, 4.69) is 73.8 Å². The first-order chi connectivity index (χ1) is 10.3. The van der Waals surface area contributed by atoms with E-state index < -0.39 is 0 Å². The molecule has 0 aromatic rings. The Morgan fingerprint density at radius 1 is 0.714 bits per heavy atom. The molecule has 0 radical (unpaired) electrons. The Morgan fingerprint density at radius 2 is 1.24 bits per heavy atom. The van der Waals surface area contributed by atoms with Gasteiger partial charge >= 0.3 is 0 Å². The van der Waals surface area contributed by atoms with Gasteiger partial charge in [-0.25, -0.2) is 0 Å². The first-order valence-corrected chi connectivity index (χ1v) is 8.32. The summed E-state index contributed by atoms with van der Waals surface area (Å²) in [6, 6.07) is 0. The second-order valence-electron chi connectivity index (χ2n) is 6.23. The van der Waals surface area contributed by atoms with E-state index in [-0.39, 0.29) is 0 Å². The van der Waals surface area contributed by atoms with Crippen molar-refractivity contribution in [3.05, 3.63) is 72.4 Å². The van der Waals surface area contributed by atoms with Crippen LogP contribution in [0, 0.1) is 5.41 Å². The lowest BCUT2D eigenvalue weighted by Gasteiger charge is -2.30. The van der Waals surface area contributed by atoms with Crippen LogP contribution in [-0.2, 0) is 0 Å². The van der Waals surface area contributed by atoms with Crippen molar-refractivity contribution in [1.82, 2.24) is 0 Å². The lowest BCUT2D eigenvalue weighted by Crippen LogP contribution is -2.17. The summed E-state index contributed by atoms with van der Waals surface area (Å²) in [4.78, 5) is 0. The Labute approximate surface area is 130 Å². The first kappa shape index (κ1) is 15.8. The van der Waals surface area contributed by atoms with Crippen molar-refractivity contribution in [1.29, 1.82) is 0 Å². The van der Waals surface area contributed by atoms with Gasteiger partial charge in [0.15, 0.2) is 0 Å². The van der Waals surface area contributed by atoms with Gasteiger partial charge in [-0.1, -0.05) is 73.8 Å². The second kappa shape index (κ2) is 8.67. The topological polar surface area (TPSA) is 0 Å². The molecule has 2 aliphatic carbocycles. The van der Waals surface area contributed by atoms with Crippen molar-refractivity contribution in [3.63, 3.8) is 0 Å². The summed E-state index contributed by atoms with van der Waals surface area (Å²) >= 11 is 0. The average Bonchev–Trinajstić information content (AvgIpc) is 3.01. The molecule has 0 aromatic heterocycles. The Hall–Kier alpha value is -1.56. The maximum absolute atomic E-state index is 2.43. The zero-order valence-corrected chi connectivity index (χ0v) is 13.3. The third kappa shape index (κ3) is 5.38. The van der Waals surface area contributed by atoms with Gasteiger partial charge in [-0.15, -0.1) is 0 Å². The van der Waals surface area contributed by atoms with Crippen molar-refractivity contribution in [2.75, 3.05) is 0 Å². The Bertz CT molecular complexity index is 452. The molecular formula is C21H28. The third-order valence-corrected chi connectivity index (χ3v) is 4.46. The van der Waals surface area contributed by atoms with E-state index in [0.29, 0.717) is 5.41 Å². The van der Waals surface area contributed by atoms with E-state index in [1.807, 2.05) is 0 Å². The van der Waals surface area contributed by atoms with Gasteiger partial charge < -0.3 is 0 Å². The average molecular weight is 280 g/mol. The van der Waals surface area contributed by atoms with E-state index in [9.17, 15) is 0 Å². The highest BCUT2D eigenvalue weighted by Gasteiger charge is 2.26. The molecule has 0 saturated heterocycles. The second-order valence-corrected chi connectivity index (χ2v) is 6.23. The molecule has 2 rings (SSSR count). The minimum absolute atomic E-state index is 0.315. The van der Waals surface area contributed by atoms with Crippen LogP contribution in [0.1, 0.15) is 51.9 Å². The predicted octanol–water partition coefficient (Wildman–Crippen LogP) is 6.46. The molecule has 2 aliphatic rings. The van der Waals surface area contributed by atoms with Crippen molar-refractivity contribution >= 4 is 0 Å². The fourth-order valence-corrected chi connectivity index (χ4v) is 3.01. The molecule has 0 bridgehead atoms. The largest absolute Gasteiger partial charge is 0.0845 e. The highest BCUT2D eigenvalue weighted by Crippen LogP contribution is 2.40. The zero-order chi connectivity index (χ0) is 14.8. The van der Waals surface area contributed by atoms with Crippen LogP contribution >= 0.6 is 0 Å². The van der Waals surface area contributed by atoms with Crippen molar-refractivity contribution in [2.24, 2.45) is 5.41 Å². The lowest BCUT2D eigenvalue weighted by molar-refractivity contribution is 0.349. The van der Waals surface area contributed by atoms with Crippen molar-refractivity contribution in [2.45, 2.75) is 51.9 Å². The molecule has 1 atom stereocenters. The molecule has 0 N–H and O–H groups in total. The van der Waals surface area contributed by atoms with Crippen LogP contribution in [0.4, 0.5) is 0 Å². The minimum atomic E-state index is 0.315. The predicted molar refractivity (Wildman–Crippen MR) is 94.2 cm³/mol. The quantitative estimate of drug-likeness (QED) is 0.517. The van der Waals surface area contributed by atoms with Crippen LogP contribution in [0.3, 0.4) is 0 Å². The van der Waals surface area contributed by atoms with Crippen LogP contribution < -0.4 is 0 Å². The van der Waals surface area contributed by atoms with Crippen LogP contribution in [0.15, 0.2) is 72.4 Å². The summed E-state index contributed by atoms with van der Waals surface area (Å²) < 4.78 is 0. The fraction of sp³-hybridized carbons (Fsp3) is 0.429. The monoisotopic (exact) mass is 280 g/mol. The summed E-state index contributed by atoms with van der Waals surface area (Å²) in [5.41, 5.74) is 1.86. The van der Waals surface area contributed by atoms with Gasteiger partial charge in [-0.2, -0.15) is 0 Å². The molecule has 0 fully saturated rings. The van der Waals surface area contributed by atoms with Gasteiger partial charge in [0.2, 0.25) is 0 Å². The third-order valence-electron chi connectivity index (χ3n) is 4.46. The Morgan fingerprint density at radius 3 is 1.71 bits per heavy atom. The van der Waals surface area contributed by atoms with Crippen molar-refractivity contribution in [3.8, 4) is 0 Å². The number of allylic oxidation sites excluding steroid dienone is 12. The number of rotatable bonds is 1. The lowest BCUT2D eigenvalue weighted by atomic mass is 9.75. The molecule has 0 heteroatoms. The van der Waals surface area contributed by atoms with Crippen LogP contribution in [-0.4, -0.2) is 0 Å². The van der Waals surface area contributed by atoms with E-state index >= 15 is 0 Å².